The van der Waals surface area contributed by atoms with E-state index in [2.05, 4.69) is 15.2 Å². The number of amides is 1. The fourth-order valence-corrected chi connectivity index (χ4v) is 1.80. The molecule has 118 valence electrons. The van der Waals surface area contributed by atoms with E-state index < -0.39 is 25.3 Å². The van der Waals surface area contributed by atoms with Gasteiger partial charge in [0.1, 0.15) is 13.2 Å². The number of aromatic nitrogens is 2. The lowest BCUT2D eigenvalue weighted by Crippen LogP contribution is -2.29. The van der Waals surface area contributed by atoms with Crippen molar-refractivity contribution in [1.29, 1.82) is 0 Å². The highest BCUT2D eigenvalue weighted by atomic mass is 19.4. The number of para-hydroxylation sites is 1. The molecule has 0 saturated carbocycles. The van der Waals surface area contributed by atoms with Gasteiger partial charge in [0.2, 0.25) is 5.91 Å². The fourth-order valence-electron chi connectivity index (χ4n) is 1.80. The normalized spacial score (nSPS) is 11.4. The highest BCUT2D eigenvalue weighted by Gasteiger charge is 2.27. The van der Waals surface area contributed by atoms with Gasteiger partial charge in [-0.15, -0.1) is 0 Å². The molecule has 0 aliphatic carbocycles. The van der Waals surface area contributed by atoms with E-state index in [0.29, 0.717) is 0 Å². The molecule has 1 N–H and O–H groups in total. The van der Waals surface area contributed by atoms with Gasteiger partial charge >= 0.3 is 6.18 Å². The zero-order valence-electron chi connectivity index (χ0n) is 11.5. The molecule has 2 aromatic rings. The van der Waals surface area contributed by atoms with Gasteiger partial charge in [-0.05, 0) is 17.7 Å². The molecule has 0 atom stereocenters. The number of hydrogen-bond acceptors (Lipinski definition) is 3. The molecule has 0 unspecified atom stereocenters. The van der Waals surface area contributed by atoms with Gasteiger partial charge in [0, 0.05) is 18.9 Å². The quantitative estimate of drug-likeness (QED) is 0.888. The van der Waals surface area contributed by atoms with Crippen molar-refractivity contribution < 1.29 is 22.7 Å². The van der Waals surface area contributed by atoms with Crippen molar-refractivity contribution in [2.75, 3.05) is 13.2 Å². The van der Waals surface area contributed by atoms with Crippen LogP contribution in [0.5, 0.6) is 0 Å². The van der Waals surface area contributed by atoms with Crippen LogP contribution < -0.4 is 5.32 Å². The van der Waals surface area contributed by atoms with E-state index in [4.69, 9.17) is 0 Å². The van der Waals surface area contributed by atoms with Gasteiger partial charge < -0.3 is 10.1 Å². The molecule has 22 heavy (non-hydrogen) atoms. The van der Waals surface area contributed by atoms with Gasteiger partial charge in [-0.25, -0.2) is 4.68 Å². The van der Waals surface area contributed by atoms with Gasteiger partial charge in [-0.3, -0.25) is 4.79 Å². The van der Waals surface area contributed by atoms with E-state index >= 15 is 0 Å². The maximum atomic E-state index is 11.9. The van der Waals surface area contributed by atoms with Gasteiger partial charge in [0.15, 0.2) is 0 Å². The van der Waals surface area contributed by atoms with Gasteiger partial charge in [-0.2, -0.15) is 18.3 Å². The molecule has 2 rings (SSSR count). The van der Waals surface area contributed by atoms with Crippen LogP contribution in [-0.4, -0.2) is 35.1 Å². The predicted octanol–water partition coefficient (Wildman–Crippen LogP) is 2.07. The molecule has 0 spiro atoms. The standard InChI is InChI=1S/C14H14F3N3O2/c15-14(16,17)10-22-9-13(21)18-8-11-4-1-2-5-12(11)20-7-3-6-19-20/h1-7H,8-10H2,(H,18,21). The Labute approximate surface area is 124 Å². The van der Waals surface area contributed by atoms with Crippen molar-refractivity contribution in [3.05, 3.63) is 48.3 Å². The molecule has 0 aliphatic heterocycles. The molecule has 5 nitrogen and oxygen atoms in total. The first kappa shape index (κ1) is 16.0. The number of ether oxygens (including phenoxy) is 1. The first-order valence-electron chi connectivity index (χ1n) is 6.45. The van der Waals surface area contributed by atoms with Crippen LogP contribution in [0.2, 0.25) is 0 Å². The molecular formula is C14H14F3N3O2. The maximum Gasteiger partial charge on any atom is 0.411 e. The minimum Gasteiger partial charge on any atom is -0.362 e. The van der Waals surface area contributed by atoms with E-state index in [1.54, 1.807) is 35.3 Å². The number of carbonyl (C=O) groups is 1. The molecule has 0 saturated heterocycles. The highest BCUT2D eigenvalue weighted by molar-refractivity contribution is 5.77. The Balaban J connectivity index is 1.88. The van der Waals surface area contributed by atoms with Gasteiger partial charge in [0.25, 0.3) is 0 Å². The van der Waals surface area contributed by atoms with Crippen molar-refractivity contribution in [3.63, 3.8) is 0 Å². The van der Waals surface area contributed by atoms with E-state index in [0.717, 1.165) is 11.3 Å². The van der Waals surface area contributed by atoms with Crippen molar-refractivity contribution >= 4 is 5.91 Å². The minimum atomic E-state index is -4.44. The number of rotatable bonds is 6. The number of alkyl halides is 3. The number of nitrogens with one attached hydrogen (secondary N) is 1. The Morgan fingerprint density at radius 2 is 2.05 bits per heavy atom. The van der Waals surface area contributed by atoms with Crippen molar-refractivity contribution in [1.82, 2.24) is 15.1 Å². The van der Waals surface area contributed by atoms with Crippen molar-refractivity contribution in [3.8, 4) is 5.69 Å². The second-order valence-electron chi connectivity index (χ2n) is 4.46. The van der Waals surface area contributed by atoms with Gasteiger partial charge in [-0.1, -0.05) is 18.2 Å². The van der Waals surface area contributed by atoms with Crippen LogP contribution in [0, 0.1) is 0 Å². The number of hydrogen-bond donors (Lipinski definition) is 1. The lowest BCUT2D eigenvalue weighted by molar-refractivity contribution is -0.175. The molecule has 0 fully saturated rings. The monoisotopic (exact) mass is 313 g/mol. The van der Waals surface area contributed by atoms with Crippen LogP contribution in [0.4, 0.5) is 13.2 Å². The van der Waals surface area contributed by atoms with Gasteiger partial charge in [0.05, 0.1) is 5.69 Å². The second kappa shape index (κ2) is 7.08. The summed E-state index contributed by atoms with van der Waals surface area (Å²) in [5, 5.41) is 6.62. The Morgan fingerprint density at radius 3 is 2.73 bits per heavy atom. The average molecular weight is 313 g/mol. The Morgan fingerprint density at radius 1 is 1.27 bits per heavy atom. The Kier molecular flexibility index (Phi) is 5.16. The first-order chi connectivity index (χ1) is 10.5. The van der Waals surface area contributed by atoms with Crippen LogP contribution >= 0.6 is 0 Å². The van der Waals surface area contributed by atoms with E-state index in [1.807, 2.05) is 12.1 Å². The molecule has 8 heteroatoms. The second-order valence-corrected chi connectivity index (χ2v) is 4.46. The largest absolute Gasteiger partial charge is 0.411 e. The van der Waals surface area contributed by atoms with Crippen LogP contribution in [0.1, 0.15) is 5.56 Å². The SMILES string of the molecule is O=C(COCC(F)(F)F)NCc1ccccc1-n1cccn1. The summed E-state index contributed by atoms with van der Waals surface area (Å²) in [7, 11) is 0. The lowest BCUT2D eigenvalue weighted by atomic mass is 10.2. The van der Waals surface area contributed by atoms with E-state index in [-0.39, 0.29) is 6.54 Å². The third-order valence-corrected chi connectivity index (χ3v) is 2.72. The topological polar surface area (TPSA) is 56.1 Å². The zero-order valence-corrected chi connectivity index (χ0v) is 11.5. The smallest absolute Gasteiger partial charge is 0.362 e. The molecule has 0 radical (unpaired) electrons. The van der Waals surface area contributed by atoms with Crippen LogP contribution in [0.3, 0.4) is 0 Å². The molecule has 1 heterocycles. The van der Waals surface area contributed by atoms with Crippen molar-refractivity contribution in [2.24, 2.45) is 0 Å². The number of carbonyl (C=O) groups excluding carboxylic acids is 1. The summed E-state index contributed by atoms with van der Waals surface area (Å²) in [5.74, 6) is -0.612. The molecule has 1 aromatic heterocycles. The average Bonchev–Trinajstić information content (AvgIpc) is 2.98. The number of nitrogens with zero attached hydrogens (tertiary/aromatic N) is 2. The number of benzene rings is 1. The summed E-state index contributed by atoms with van der Waals surface area (Å²) in [6.07, 6.45) is -1.06. The van der Waals surface area contributed by atoms with Crippen LogP contribution in [-0.2, 0) is 16.1 Å². The van der Waals surface area contributed by atoms with E-state index in [1.165, 1.54) is 0 Å². The predicted molar refractivity (Wildman–Crippen MR) is 72.3 cm³/mol. The van der Waals surface area contributed by atoms with Crippen molar-refractivity contribution in [2.45, 2.75) is 12.7 Å². The summed E-state index contributed by atoms with van der Waals surface area (Å²) in [6.45, 7) is -1.90. The third kappa shape index (κ3) is 4.88. The summed E-state index contributed by atoms with van der Waals surface area (Å²) < 4.78 is 41.6. The van der Waals surface area contributed by atoms with Crippen LogP contribution in [0.15, 0.2) is 42.7 Å². The molecule has 1 aromatic carbocycles. The lowest BCUT2D eigenvalue weighted by Gasteiger charge is -2.11. The summed E-state index contributed by atoms with van der Waals surface area (Å²) in [6, 6.07) is 9.02. The third-order valence-electron chi connectivity index (χ3n) is 2.72. The molecule has 1 amide bonds. The minimum absolute atomic E-state index is 0.171. The zero-order chi connectivity index (χ0) is 16.0. The van der Waals surface area contributed by atoms with Crippen LogP contribution in [0.25, 0.3) is 5.69 Å². The fraction of sp³-hybridized carbons (Fsp3) is 0.286. The number of halogens is 3. The van der Waals surface area contributed by atoms with E-state index in [9.17, 15) is 18.0 Å². The maximum absolute atomic E-state index is 11.9. The summed E-state index contributed by atoms with van der Waals surface area (Å²) >= 11 is 0. The molecule has 0 aliphatic rings. The Bertz CT molecular complexity index is 612. The first-order valence-corrected chi connectivity index (χ1v) is 6.45. The molecular weight excluding hydrogens is 299 g/mol. The summed E-state index contributed by atoms with van der Waals surface area (Å²) in [4.78, 5) is 11.5. The molecule has 0 bridgehead atoms. The highest BCUT2D eigenvalue weighted by Crippen LogP contribution is 2.14. The Hall–Kier alpha value is -2.35. The summed E-state index contributed by atoms with van der Waals surface area (Å²) in [5.41, 5.74) is 1.57.